The minimum Gasteiger partial charge on any atom is -0.480 e. The van der Waals surface area contributed by atoms with Crippen LogP contribution in [0.1, 0.15) is 0 Å². The molecule has 2 aromatic rings. The second-order valence-electron chi connectivity index (χ2n) is 3.47. The van der Waals surface area contributed by atoms with Gasteiger partial charge in [-0.2, -0.15) is 0 Å². The Kier molecular flexibility index (Phi) is 3.75. The van der Waals surface area contributed by atoms with Gasteiger partial charge in [-0.05, 0) is 6.07 Å². The van der Waals surface area contributed by atoms with Crippen LogP contribution in [0.15, 0.2) is 28.4 Å². The van der Waals surface area contributed by atoms with Crippen LogP contribution in [0.3, 0.4) is 0 Å². The molecule has 1 aromatic carbocycles. The minimum absolute atomic E-state index is 0.302. The first-order valence-electron chi connectivity index (χ1n) is 4.85. The largest absolute Gasteiger partial charge is 0.480 e. The number of benzene rings is 1. The number of hydrogen-bond acceptors (Lipinski definition) is 3. The molecule has 1 aromatic heterocycles. The van der Waals surface area contributed by atoms with Crippen molar-refractivity contribution in [2.75, 3.05) is 0 Å². The number of rotatable bonds is 3. The number of carboxylic acid groups (broad SMARTS) is 1. The van der Waals surface area contributed by atoms with Crippen molar-refractivity contribution in [1.29, 1.82) is 0 Å². The Morgan fingerprint density at radius 3 is 2.78 bits per heavy atom. The molecule has 7 heteroatoms. The fraction of sp³-hybridized carbons (Fsp3) is 0.0909. The van der Waals surface area contributed by atoms with Gasteiger partial charge in [0.1, 0.15) is 6.54 Å². The van der Waals surface area contributed by atoms with Crippen molar-refractivity contribution in [1.82, 2.24) is 4.57 Å². The Hall–Kier alpha value is -1.30. The topological polar surface area (TPSA) is 59.3 Å². The summed E-state index contributed by atoms with van der Waals surface area (Å²) in [5, 5.41) is 11.0. The van der Waals surface area contributed by atoms with E-state index in [4.69, 9.17) is 28.3 Å². The summed E-state index contributed by atoms with van der Waals surface area (Å²) < 4.78 is 1.16. The summed E-state index contributed by atoms with van der Waals surface area (Å²) >= 11 is 12.9. The van der Waals surface area contributed by atoms with Crippen LogP contribution in [-0.4, -0.2) is 15.6 Å². The van der Waals surface area contributed by atoms with E-state index in [0.717, 1.165) is 15.9 Å². The van der Waals surface area contributed by atoms with E-state index < -0.39 is 12.5 Å². The Labute approximate surface area is 116 Å². The van der Waals surface area contributed by atoms with Crippen LogP contribution in [0.25, 0.3) is 11.3 Å². The molecule has 0 aliphatic carbocycles. The summed E-state index contributed by atoms with van der Waals surface area (Å²) in [7, 11) is 0. The van der Waals surface area contributed by atoms with Crippen molar-refractivity contribution < 1.29 is 9.90 Å². The van der Waals surface area contributed by atoms with Crippen molar-refractivity contribution in [3.8, 4) is 11.3 Å². The van der Waals surface area contributed by atoms with E-state index in [1.165, 1.54) is 0 Å². The van der Waals surface area contributed by atoms with Gasteiger partial charge in [0.2, 0.25) is 0 Å². The molecular formula is C11H7Cl2NO3S. The summed E-state index contributed by atoms with van der Waals surface area (Å²) in [6, 6.07) is 5.00. The maximum Gasteiger partial charge on any atom is 0.323 e. The van der Waals surface area contributed by atoms with Gasteiger partial charge in [-0.3, -0.25) is 14.2 Å². The molecular weight excluding hydrogens is 297 g/mol. The zero-order valence-corrected chi connectivity index (χ0v) is 11.2. The van der Waals surface area contributed by atoms with Crippen molar-refractivity contribution >= 4 is 40.5 Å². The highest BCUT2D eigenvalue weighted by molar-refractivity contribution is 7.07. The lowest BCUT2D eigenvalue weighted by Crippen LogP contribution is -2.19. The molecule has 2 rings (SSSR count). The van der Waals surface area contributed by atoms with Gasteiger partial charge in [0.05, 0.1) is 15.7 Å². The lowest BCUT2D eigenvalue weighted by Gasteiger charge is -2.07. The molecule has 1 N–H and O–H groups in total. The van der Waals surface area contributed by atoms with E-state index in [1.54, 1.807) is 23.6 Å². The highest BCUT2D eigenvalue weighted by Crippen LogP contribution is 2.33. The quantitative estimate of drug-likeness (QED) is 0.948. The first-order chi connectivity index (χ1) is 8.50. The van der Waals surface area contributed by atoms with Crippen molar-refractivity contribution in [3.05, 3.63) is 43.3 Å². The maximum absolute atomic E-state index is 11.6. The fourth-order valence-electron chi connectivity index (χ4n) is 1.53. The van der Waals surface area contributed by atoms with E-state index in [9.17, 15) is 9.59 Å². The van der Waals surface area contributed by atoms with Crippen molar-refractivity contribution in [2.45, 2.75) is 6.54 Å². The number of carboxylic acids is 1. The Bertz CT molecular complexity index is 663. The molecule has 0 saturated carbocycles. The molecule has 0 atom stereocenters. The van der Waals surface area contributed by atoms with Gasteiger partial charge in [-0.1, -0.05) is 46.7 Å². The lowest BCUT2D eigenvalue weighted by atomic mass is 10.1. The zero-order chi connectivity index (χ0) is 13.3. The molecule has 0 saturated heterocycles. The van der Waals surface area contributed by atoms with Crippen LogP contribution in [0.5, 0.6) is 0 Å². The first-order valence-corrected chi connectivity index (χ1v) is 6.48. The predicted octanol–water partition coefficient (Wildman–Crippen LogP) is 2.97. The molecule has 0 radical (unpaired) electrons. The zero-order valence-electron chi connectivity index (χ0n) is 8.89. The average molecular weight is 304 g/mol. The summed E-state index contributed by atoms with van der Waals surface area (Å²) in [5.41, 5.74) is 1.00. The number of nitrogens with zero attached hydrogens (tertiary/aromatic N) is 1. The molecule has 4 nitrogen and oxygen atoms in total. The van der Waals surface area contributed by atoms with Gasteiger partial charge in [-0.25, -0.2) is 0 Å². The van der Waals surface area contributed by atoms with Gasteiger partial charge in [0.25, 0.3) is 0 Å². The maximum atomic E-state index is 11.6. The van der Waals surface area contributed by atoms with Gasteiger partial charge >= 0.3 is 10.8 Å². The molecule has 0 bridgehead atoms. The van der Waals surface area contributed by atoms with Crippen molar-refractivity contribution in [3.63, 3.8) is 0 Å². The summed E-state index contributed by atoms with van der Waals surface area (Å²) in [6.07, 6.45) is 0. The number of carbonyl (C=O) groups is 1. The van der Waals surface area contributed by atoms with Crippen LogP contribution in [0.4, 0.5) is 0 Å². The van der Waals surface area contributed by atoms with E-state index in [1.807, 2.05) is 0 Å². The van der Waals surface area contributed by atoms with Gasteiger partial charge < -0.3 is 5.11 Å². The Balaban J connectivity index is 2.61. The number of halogens is 2. The highest BCUT2D eigenvalue weighted by atomic mass is 35.5. The molecule has 0 unspecified atom stereocenters. The first kappa shape index (κ1) is 13.1. The summed E-state index contributed by atoms with van der Waals surface area (Å²) in [6.45, 7) is -0.402. The monoisotopic (exact) mass is 303 g/mol. The third-order valence-electron chi connectivity index (χ3n) is 2.30. The molecule has 0 amide bonds. The summed E-state index contributed by atoms with van der Waals surface area (Å²) in [4.78, 5) is 22.0. The molecule has 1 heterocycles. The van der Waals surface area contributed by atoms with Crippen LogP contribution in [0.2, 0.25) is 10.0 Å². The SMILES string of the molecule is O=C(O)Cn1c(-c2cccc(Cl)c2Cl)csc1=O. The number of aliphatic carboxylic acids is 1. The van der Waals surface area contributed by atoms with E-state index in [2.05, 4.69) is 0 Å². The van der Waals surface area contributed by atoms with Gasteiger partial charge in [-0.15, -0.1) is 0 Å². The molecule has 0 aliphatic rings. The molecule has 0 fully saturated rings. The normalized spacial score (nSPS) is 10.6. The number of hydrogen-bond donors (Lipinski definition) is 1. The minimum atomic E-state index is -1.09. The highest BCUT2D eigenvalue weighted by Gasteiger charge is 2.15. The van der Waals surface area contributed by atoms with Crippen LogP contribution in [-0.2, 0) is 11.3 Å². The van der Waals surface area contributed by atoms with Crippen LogP contribution >= 0.6 is 34.5 Å². The van der Waals surface area contributed by atoms with Gasteiger partial charge in [0, 0.05) is 10.9 Å². The second kappa shape index (κ2) is 5.14. The third kappa shape index (κ3) is 2.43. The van der Waals surface area contributed by atoms with Crippen LogP contribution in [0, 0.1) is 0 Å². The summed E-state index contributed by atoms with van der Waals surface area (Å²) in [5.74, 6) is -1.09. The molecule has 18 heavy (non-hydrogen) atoms. The smallest absolute Gasteiger partial charge is 0.323 e. The van der Waals surface area contributed by atoms with E-state index in [0.29, 0.717) is 21.3 Å². The third-order valence-corrected chi connectivity index (χ3v) is 3.89. The van der Waals surface area contributed by atoms with Crippen LogP contribution < -0.4 is 4.87 Å². The predicted molar refractivity (Wildman–Crippen MR) is 71.7 cm³/mol. The number of thiazole rings is 1. The Morgan fingerprint density at radius 1 is 1.39 bits per heavy atom. The average Bonchev–Trinajstić information content (AvgIpc) is 2.64. The molecule has 0 spiro atoms. The molecule has 94 valence electrons. The second-order valence-corrected chi connectivity index (χ2v) is 5.07. The van der Waals surface area contributed by atoms with E-state index >= 15 is 0 Å². The van der Waals surface area contributed by atoms with Gasteiger partial charge in [0.15, 0.2) is 0 Å². The van der Waals surface area contributed by atoms with E-state index in [-0.39, 0.29) is 4.87 Å². The fourth-order valence-corrected chi connectivity index (χ4v) is 2.68. The lowest BCUT2D eigenvalue weighted by molar-refractivity contribution is -0.137. The number of aromatic nitrogens is 1. The standard InChI is InChI=1S/C11H7Cl2NO3S/c12-7-3-1-2-6(10(7)13)8-5-18-11(17)14(8)4-9(15)16/h1-3,5H,4H2,(H,15,16). The molecule has 0 aliphatic heterocycles. The Morgan fingerprint density at radius 2 is 2.11 bits per heavy atom. The van der Waals surface area contributed by atoms with Crippen molar-refractivity contribution in [2.24, 2.45) is 0 Å².